The largest absolute Gasteiger partial charge is 0.472 e. The van der Waals surface area contributed by atoms with Gasteiger partial charge in [-0.15, -0.1) is 0 Å². The normalized spacial score (nSPS) is 15.5. The van der Waals surface area contributed by atoms with Crippen LogP contribution in [0.5, 0.6) is 0 Å². The Kier molecular flexibility index (Phi) is 4.85. The molecular weight excluding hydrogens is 188 g/mol. The van der Waals surface area contributed by atoms with Gasteiger partial charge in [-0.05, 0) is 19.0 Å². The summed E-state index contributed by atoms with van der Waals surface area (Å²) < 4.78 is 5.10. The molecule has 0 radical (unpaired) electrons. The number of hydrogen-bond acceptors (Lipinski definition) is 3. The fraction of sp³-hybridized carbons (Fsp3) is 0.667. The Morgan fingerprint density at radius 2 is 2.27 bits per heavy atom. The van der Waals surface area contributed by atoms with Gasteiger partial charge in [-0.2, -0.15) is 0 Å². The lowest BCUT2D eigenvalue weighted by Crippen LogP contribution is -2.33. The molecule has 0 bridgehead atoms. The molecule has 2 unspecified atom stereocenters. The maximum absolute atomic E-state index is 5.80. The van der Waals surface area contributed by atoms with Gasteiger partial charge in [-0.3, -0.25) is 4.90 Å². The minimum Gasteiger partial charge on any atom is -0.472 e. The summed E-state index contributed by atoms with van der Waals surface area (Å²) in [7, 11) is 2.12. The number of nitrogens with zero attached hydrogens (tertiary/aromatic N) is 1. The molecule has 1 aromatic rings. The van der Waals surface area contributed by atoms with Crippen LogP contribution in [0, 0.1) is 5.92 Å². The highest BCUT2D eigenvalue weighted by Gasteiger charge is 2.17. The van der Waals surface area contributed by atoms with Crippen molar-refractivity contribution in [2.24, 2.45) is 11.7 Å². The zero-order chi connectivity index (χ0) is 11.3. The summed E-state index contributed by atoms with van der Waals surface area (Å²) in [6.45, 7) is 6.18. The van der Waals surface area contributed by atoms with E-state index in [1.807, 2.05) is 6.07 Å². The minimum atomic E-state index is 0.276. The first-order chi connectivity index (χ1) is 7.19. The molecule has 0 saturated carbocycles. The van der Waals surface area contributed by atoms with Crippen LogP contribution in [0.2, 0.25) is 0 Å². The van der Waals surface area contributed by atoms with Crippen LogP contribution in [-0.4, -0.2) is 25.0 Å². The molecule has 0 amide bonds. The third-order valence-electron chi connectivity index (χ3n) is 2.98. The molecule has 1 aromatic heterocycles. The van der Waals surface area contributed by atoms with Crippen LogP contribution in [0.15, 0.2) is 23.0 Å². The number of nitrogens with two attached hydrogens (primary N) is 1. The van der Waals surface area contributed by atoms with Crippen LogP contribution in [0.25, 0.3) is 0 Å². The van der Waals surface area contributed by atoms with E-state index in [0.717, 1.165) is 6.54 Å². The maximum Gasteiger partial charge on any atom is 0.0950 e. The number of rotatable bonds is 6. The Morgan fingerprint density at radius 3 is 2.73 bits per heavy atom. The van der Waals surface area contributed by atoms with Gasteiger partial charge < -0.3 is 10.2 Å². The summed E-state index contributed by atoms with van der Waals surface area (Å²) in [5, 5.41) is 0. The van der Waals surface area contributed by atoms with E-state index in [4.69, 9.17) is 10.2 Å². The van der Waals surface area contributed by atoms with Crippen LogP contribution in [0.4, 0.5) is 0 Å². The van der Waals surface area contributed by atoms with Crippen molar-refractivity contribution in [3.8, 4) is 0 Å². The van der Waals surface area contributed by atoms with Gasteiger partial charge in [0.05, 0.1) is 12.5 Å². The lowest BCUT2D eigenvalue weighted by Gasteiger charge is -2.28. The summed E-state index contributed by atoms with van der Waals surface area (Å²) in [6, 6.07) is 2.27. The summed E-state index contributed by atoms with van der Waals surface area (Å²) in [6.07, 6.45) is 4.69. The fourth-order valence-corrected chi connectivity index (χ4v) is 1.78. The lowest BCUT2D eigenvalue weighted by molar-refractivity contribution is 0.214. The van der Waals surface area contributed by atoms with Crippen molar-refractivity contribution in [1.82, 2.24) is 4.90 Å². The van der Waals surface area contributed by atoms with Gasteiger partial charge in [0.1, 0.15) is 0 Å². The molecule has 3 nitrogen and oxygen atoms in total. The maximum atomic E-state index is 5.80. The molecule has 3 heteroatoms. The number of furan rings is 1. The highest BCUT2D eigenvalue weighted by Crippen LogP contribution is 2.20. The Hall–Kier alpha value is -0.800. The monoisotopic (exact) mass is 210 g/mol. The van der Waals surface area contributed by atoms with E-state index in [9.17, 15) is 0 Å². The summed E-state index contributed by atoms with van der Waals surface area (Å²) >= 11 is 0. The molecular formula is C12H22N2O. The first-order valence-corrected chi connectivity index (χ1v) is 5.61. The van der Waals surface area contributed by atoms with Gasteiger partial charge in [-0.25, -0.2) is 0 Å². The predicted octanol–water partition coefficient (Wildman–Crippen LogP) is 2.26. The van der Waals surface area contributed by atoms with Crippen LogP contribution < -0.4 is 5.73 Å². The highest BCUT2D eigenvalue weighted by molar-refractivity contribution is 5.12. The highest BCUT2D eigenvalue weighted by atomic mass is 16.3. The van der Waals surface area contributed by atoms with E-state index in [2.05, 4.69) is 25.8 Å². The first kappa shape index (κ1) is 12.3. The van der Waals surface area contributed by atoms with Gasteiger partial charge in [0.2, 0.25) is 0 Å². The van der Waals surface area contributed by atoms with Crippen LogP contribution in [-0.2, 0) is 0 Å². The minimum absolute atomic E-state index is 0.276. The fourth-order valence-electron chi connectivity index (χ4n) is 1.78. The van der Waals surface area contributed by atoms with Crippen molar-refractivity contribution >= 4 is 0 Å². The van der Waals surface area contributed by atoms with E-state index in [0.29, 0.717) is 12.5 Å². The van der Waals surface area contributed by atoms with Gasteiger partial charge in [0.15, 0.2) is 0 Å². The third kappa shape index (κ3) is 3.36. The first-order valence-electron chi connectivity index (χ1n) is 5.61. The molecule has 0 spiro atoms. The topological polar surface area (TPSA) is 42.4 Å². The van der Waals surface area contributed by atoms with Crippen molar-refractivity contribution in [1.29, 1.82) is 0 Å². The molecule has 15 heavy (non-hydrogen) atoms. The average molecular weight is 210 g/mol. The van der Waals surface area contributed by atoms with Crippen LogP contribution >= 0.6 is 0 Å². The van der Waals surface area contributed by atoms with Crippen LogP contribution in [0.3, 0.4) is 0 Å². The molecule has 86 valence electrons. The Balaban J connectivity index is 2.59. The molecule has 0 aliphatic rings. The molecule has 0 aliphatic carbocycles. The third-order valence-corrected chi connectivity index (χ3v) is 2.98. The van der Waals surface area contributed by atoms with E-state index >= 15 is 0 Å². The second-order valence-electron chi connectivity index (χ2n) is 4.26. The zero-order valence-electron chi connectivity index (χ0n) is 9.94. The van der Waals surface area contributed by atoms with Gasteiger partial charge >= 0.3 is 0 Å². The molecule has 0 aliphatic heterocycles. The average Bonchev–Trinajstić information content (AvgIpc) is 2.72. The van der Waals surface area contributed by atoms with Crippen LogP contribution in [0.1, 0.15) is 31.9 Å². The second-order valence-corrected chi connectivity index (χ2v) is 4.26. The molecule has 0 fully saturated rings. The van der Waals surface area contributed by atoms with Crippen molar-refractivity contribution < 1.29 is 4.42 Å². The van der Waals surface area contributed by atoms with Crippen molar-refractivity contribution in [3.63, 3.8) is 0 Å². The van der Waals surface area contributed by atoms with Gasteiger partial charge in [-0.1, -0.05) is 20.3 Å². The summed E-state index contributed by atoms with van der Waals surface area (Å²) in [5.74, 6) is 0.705. The van der Waals surface area contributed by atoms with E-state index < -0.39 is 0 Å². The van der Waals surface area contributed by atoms with E-state index in [1.165, 1.54) is 12.0 Å². The smallest absolute Gasteiger partial charge is 0.0950 e. The lowest BCUT2D eigenvalue weighted by atomic mass is 10.1. The summed E-state index contributed by atoms with van der Waals surface area (Å²) in [5.41, 5.74) is 6.97. The Labute approximate surface area is 92.2 Å². The standard InChI is InChI=1S/C12H22N2O/c1-4-10(2)8-14(3)12(7-13)11-5-6-15-9-11/h5-6,9-10,12H,4,7-8,13H2,1-3H3. The van der Waals surface area contributed by atoms with E-state index in [-0.39, 0.29) is 6.04 Å². The molecule has 1 heterocycles. The Morgan fingerprint density at radius 1 is 1.53 bits per heavy atom. The summed E-state index contributed by atoms with van der Waals surface area (Å²) in [4.78, 5) is 2.30. The number of hydrogen-bond donors (Lipinski definition) is 1. The van der Waals surface area contributed by atoms with Crippen molar-refractivity contribution in [2.45, 2.75) is 26.3 Å². The zero-order valence-corrected chi connectivity index (χ0v) is 9.94. The van der Waals surface area contributed by atoms with Gasteiger partial charge in [0, 0.05) is 24.7 Å². The predicted molar refractivity (Wildman–Crippen MR) is 62.6 cm³/mol. The SMILES string of the molecule is CCC(C)CN(C)C(CN)c1ccoc1. The van der Waals surface area contributed by atoms with Crippen molar-refractivity contribution in [2.75, 3.05) is 20.1 Å². The second kappa shape index (κ2) is 5.93. The molecule has 0 saturated heterocycles. The molecule has 2 N–H and O–H groups in total. The van der Waals surface area contributed by atoms with Gasteiger partial charge in [0.25, 0.3) is 0 Å². The van der Waals surface area contributed by atoms with Crippen molar-refractivity contribution in [3.05, 3.63) is 24.2 Å². The molecule has 0 aromatic carbocycles. The molecule has 1 rings (SSSR count). The quantitative estimate of drug-likeness (QED) is 0.783. The Bertz CT molecular complexity index is 259. The number of likely N-dealkylation sites (N-methyl/N-ethyl adjacent to an activating group) is 1. The molecule has 2 atom stereocenters. The van der Waals surface area contributed by atoms with E-state index in [1.54, 1.807) is 12.5 Å².